The van der Waals surface area contributed by atoms with Crippen molar-refractivity contribution in [1.29, 1.82) is 0 Å². The van der Waals surface area contributed by atoms with Crippen molar-refractivity contribution in [3.8, 4) is 0 Å². The van der Waals surface area contributed by atoms with Gasteiger partial charge in [0.05, 0.1) is 6.42 Å². The van der Waals surface area contributed by atoms with E-state index in [2.05, 4.69) is 12.2 Å². The predicted molar refractivity (Wildman–Crippen MR) is 84.8 cm³/mol. The van der Waals surface area contributed by atoms with Crippen LogP contribution in [0.4, 0.5) is 0 Å². The summed E-state index contributed by atoms with van der Waals surface area (Å²) in [5, 5.41) is 11.6. The summed E-state index contributed by atoms with van der Waals surface area (Å²) in [4.78, 5) is 23.0. The van der Waals surface area contributed by atoms with Crippen molar-refractivity contribution < 1.29 is 19.4 Å². The lowest BCUT2D eigenvalue weighted by molar-refractivity contribution is -0.142. The molecule has 1 atom stereocenters. The molecule has 0 fully saturated rings. The summed E-state index contributed by atoms with van der Waals surface area (Å²) in [5.41, 5.74) is 2.14. The summed E-state index contributed by atoms with van der Waals surface area (Å²) in [6.45, 7) is 2.45. The smallest absolute Gasteiger partial charge is 0.326 e. The first-order valence-electron chi connectivity index (χ1n) is 7.65. The number of amides is 1. The van der Waals surface area contributed by atoms with Crippen LogP contribution in [0.3, 0.4) is 0 Å². The second-order valence-corrected chi connectivity index (χ2v) is 5.34. The zero-order valence-electron chi connectivity index (χ0n) is 13.3. The van der Waals surface area contributed by atoms with Crippen LogP contribution in [0.5, 0.6) is 0 Å². The Bertz CT molecular complexity index is 470. The number of ether oxygens (including phenoxy) is 1. The molecule has 0 bridgehead atoms. The van der Waals surface area contributed by atoms with E-state index in [4.69, 9.17) is 9.84 Å². The van der Waals surface area contributed by atoms with Gasteiger partial charge < -0.3 is 15.2 Å². The molecule has 5 heteroatoms. The molecule has 1 rings (SSSR count). The van der Waals surface area contributed by atoms with Gasteiger partial charge in [-0.3, -0.25) is 4.79 Å². The van der Waals surface area contributed by atoms with Crippen molar-refractivity contribution in [1.82, 2.24) is 5.32 Å². The number of carboxylic acid groups (broad SMARTS) is 1. The number of nitrogens with one attached hydrogen (secondary N) is 1. The number of unbranched alkanes of at least 4 members (excludes halogenated alkanes) is 1. The van der Waals surface area contributed by atoms with E-state index in [1.54, 1.807) is 0 Å². The summed E-state index contributed by atoms with van der Waals surface area (Å²) in [6.07, 6.45) is 3.79. The summed E-state index contributed by atoms with van der Waals surface area (Å²) >= 11 is 0. The van der Waals surface area contributed by atoms with Gasteiger partial charge in [-0.15, -0.1) is 0 Å². The van der Waals surface area contributed by atoms with Crippen LogP contribution in [0, 0.1) is 0 Å². The monoisotopic (exact) mass is 307 g/mol. The number of benzene rings is 1. The molecule has 0 aromatic heterocycles. The molecule has 22 heavy (non-hydrogen) atoms. The maximum absolute atomic E-state index is 11.9. The van der Waals surface area contributed by atoms with E-state index in [-0.39, 0.29) is 18.7 Å². The Morgan fingerprint density at radius 1 is 1.23 bits per heavy atom. The third-order valence-corrected chi connectivity index (χ3v) is 3.45. The Hall–Kier alpha value is -1.88. The topological polar surface area (TPSA) is 75.6 Å². The number of rotatable bonds is 10. The van der Waals surface area contributed by atoms with Crippen molar-refractivity contribution in [3.63, 3.8) is 0 Å². The second-order valence-electron chi connectivity index (χ2n) is 5.34. The average molecular weight is 307 g/mol. The third-order valence-electron chi connectivity index (χ3n) is 3.45. The van der Waals surface area contributed by atoms with Crippen molar-refractivity contribution in [3.05, 3.63) is 35.4 Å². The predicted octanol–water partition coefficient (Wildman–Crippen LogP) is 2.18. The molecule has 0 saturated heterocycles. The van der Waals surface area contributed by atoms with Crippen LogP contribution in [0.25, 0.3) is 0 Å². The maximum atomic E-state index is 11.9. The molecule has 5 nitrogen and oxygen atoms in total. The van der Waals surface area contributed by atoms with Gasteiger partial charge in [-0.2, -0.15) is 0 Å². The number of carboxylic acids is 1. The summed E-state index contributed by atoms with van der Waals surface area (Å²) in [5.74, 6) is -1.33. The van der Waals surface area contributed by atoms with Crippen molar-refractivity contribution in [2.75, 3.05) is 13.7 Å². The summed E-state index contributed by atoms with van der Waals surface area (Å²) in [6, 6.07) is 7.00. The molecule has 0 aliphatic carbocycles. The highest BCUT2D eigenvalue weighted by atomic mass is 16.5. The van der Waals surface area contributed by atoms with Crippen molar-refractivity contribution in [2.45, 2.75) is 45.1 Å². The molecule has 1 aromatic carbocycles. The Morgan fingerprint density at radius 2 is 1.86 bits per heavy atom. The van der Waals surface area contributed by atoms with Crippen LogP contribution in [0.1, 0.15) is 37.3 Å². The Morgan fingerprint density at radius 3 is 2.41 bits per heavy atom. The molecule has 122 valence electrons. The fraction of sp³-hybridized carbons (Fsp3) is 0.529. The fourth-order valence-electron chi connectivity index (χ4n) is 2.13. The van der Waals surface area contributed by atoms with Crippen LogP contribution in [-0.4, -0.2) is 36.7 Å². The average Bonchev–Trinajstić information content (AvgIpc) is 2.50. The summed E-state index contributed by atoms with van der Waals surface area (Å²) in [7, 11) is 1.50. The number of methoxy groups -OCH3 is 1. The lowest BCUT2D eigenvalue weighted by Crippen LogP contribution is -2.42. The molecule has 0 heterocycles. The normalized spacial score (nSPS) is 11.9. The molecule has 0 saturated carbocycles. The lowest BCUT2D eigenvalue weighted by atomic mass is 10.0. The van der Waals surface area contributed by atoms with E-state index in [0.29, 0.717) is 6.61 Å². The highest BCUT2D eigenvalue weighted by Gasteiger charge is 2.19. The SMILES string of the molecule is CCCCc1ccc(CC(=O)NC(CCOC)C(=O)O)cc1. The van der Waals surface area contributed by atoms with E-state index in [1.165, 1.54) is 12.7 Å². The zero-order valence-corrected chi connectivity index (χ0v) is 13.3. The number of aliphatic carboxylic acids is 1. The first kappa shape index (κ1) is 18.2. The Balaban J connectivity index is 2.50. The molecule has 2 N–H and O–H groups in total. The van der Waals surface area contributed by atoms with Gasteiger partial charge in [0, 0.05) is 20.1 Å². The number of hydrogen-bond acceptors (Lipinski definition) is 3. The van der Waals surface area contributed by atoms with E-state index in [9.17, 15) is 9.59 Å². The zero-order chi connectivity index (χ0) is 16.4. The van der Waals surface area contributed by atoms with Crippen LogP contribution in [0.2, 0.25) is 0 Å². The van der Waals surface area contributed by atoms with Crippen molar-refractivity contribution >= 4 is 11.9 Å². The molecule has 0 aliphatic rings. The van der Waals surface area contributed by atoms with Crippen LogP contribution >= 0.6 is 0 Å². The molecule has 1 amide bonds. The molecule has 1 unspecified atom stereocenters. The standard InChI is InChI=1S/C17H25NO4/c1-3-4-5-13-6-8-14(9-7-13)12-16(19)18-15(17(20)21)10-11-22-2/h6-9,15H,3-5,10-12H2,1-2H3,(H,18,19)(H,20,21). The van der Waals surface area contributed by atoms with Crippen LogP contribution in [-0.2, 0) is 27.2 Å². The van der Waals surface area contributed by atoms with E-state index >= 15 is 0 Å². The molecule has 1 aromatic rings. The minimum atomic E-state index is -1.04. The molecule has 0 aliphatic heterocycles. The largest absolute Gasteiger partial charge is 0.480 e. The maximum Gasteiger partial charge on any atom is 0.326 e. The van der Waals surface area contributed by atoms with E-state index in [0.717, 1.165) is 24.8 Å². The molecular formula is C17H25NO4. The van der Waals surface area contributed by atoms with Gasteiger partial charge in [0.25, 0.3) is 0 Å². The van der Waals surface area contributed by atoms with Gasteiger partial charge in [0.15, 0.2) is 0 Å². The quantitative estimate of drug-likeness (QED) is 0.694. The first-order valence-corrected chi connectivity index (χ1v) is 7.65. The number of hydrogen-bond donors (Lipinski definition) is 2. The van der Waals surface area contributed by atoms with E-state index < -0.39 is 12.0 Å². The highest BCUT2D eigenvalue weighted by Crippen LogP contribution is 2.08. The molecule has 0 radical (unpaired) electrons. The molecular weight excluding hydrogens is 282 g/mol. The minimum absolute atomic E-state index is 0.185. The number of carbonyl (C=O) groups is 2. The third kappa shape index (κ3) is 6.72. The number of aryl methyl sites for hydroxylation is 1. The van der Waals surface area contributed by atoms with Crippen LogP contribution < -0.4 is 5.32 Å². The minimum Gasteiger partial charge on any atom is -0.480 e. The van der Waals surface area contributed by atoms with E-state index in [1.807, 2.05) is 24.3 Å². The first-order chi connectivity index (χ1) is 10.6. The Kier molecular flexibility index (Phi) is 8.22. The lowest BCUT2D eigenvalue weighted by Gasteiger charge is -2.14. The van der Waals surface area contributed by atoms with Gasteiger partial charge in [0.1, 0.15) is 6.04 Å². The second kappa shape index (κ2) is 9.95. The number of carbonyl (C=O) groups excluding carboxylic acids is 1. The fourth-order valence-corrected chi connectivity index (χ4v) is 2.13. The van der Waals surface area contributed by atoms with Crippen molar-refractivity contribution in [2.24, 2.45) is 0 Å². The summed E-state index contributed by atoms with van der Waals surface area (Å²) < 4.78 is 4.85. The Labute approximate surface area is 131 Å². The van der Waals surface area contributed by atoms with Gasteiger partial charge >= 0.3 is 5.97 Å². The van der Waals surface area contributed by atoms with Gasteiger partial charge in [-0.1, -0.05) is 37.6 Å². The van der Waals surface area contributed by atoms with Gasteiger partial charge in [-0.25, -0.2) is 4.79 Å². The van der Waals surface area contributed by atoms with Gasteiger partial charge in [0.2, 0.25) is 5.91 Å². The molecule has 0 spiro atoms. The van der Waals surface area contributed by atoms with Gasteiger partial charge in [-0.05, 0) is 24.0 Å². The van der Waals surface area contributed by atoms with Crippen LogP contribution in [0.15, 0.2) is 24.3 Å². The highest BCUT2D eigenvalue weighted by molar-refractivity contribution is 5.84.